The van der Waals surface area contributed by atoms with Crippen molar-refractivity contribution in [1.29, 1.82) is 0 Å². The van der Waals surface area contributed by atoms with Crippen LogP contribution in [0.25, 0.3) is 48.6 Å². The molecular formula is C68H78. The standard InChI is InChI=1S/C68H78/c1-9-17-49-25-50(18-10-2)30-59(29-49)63-37-57-38-64(43-63,60-31-51(19-11-3)26-52(32-60)20-12-4)46-67(41-57,45-63)68-42-58-39-65(47-68,61-33-53(21-13-5)27-54(34-61)22-14-6)44-66(40-58,48-68)62-35-55(23-15-7)28-56(36-62)24-16-8/h9-36,57-58H,37-48H2,1-8H3. The fourth-order valence-electron chi connectivity index (χ4n) is 17.6. The van der Waals surface area contributed by atoms with Crippen LogP contribution in [0.15, 0.2) is 121 Å². The number of allylic oxidation sites excluding steroid dienone is 8. The van der Waals surface area contributed by atoms with Crippen LogP contribution in [-0.2, 0) is 21.7 Å². The minimum Gasteiger partial charge on any atom is -0.0871 e. The molecule has 8 fully saturated rings. The zero-order valence-electron chi connectivity index (χ0n) is 42.8. The quantitative estimate of drug-likeness (QED) is 0.125. The van der Waals surface area contributed by atoms with Crippen molar-refractivity contribution in [3.63, 3.8) is 0 Å². The highest BCUT2D eigenvalue weighted by Gasteiger charge is 2.75. The van der Waals surface area contributed by atoms with Gasteiger partial charge in [0.1, 0.15) is 0 Å². The summed E-state index contributed by atoms with van der Waals surface area (Å²) in [7, 11) is 0. The van der Waals surface area contributed by atoms with Crippen LogP contribution < -0.4 is 0 Å². The first kappa shape index (κ1) is 46.5. The predicted octanol–water partition coefficient (Wildman–Crippen LogP) is 19.0. The number of hydrogen-bond donors (Lipinski definition) is 0. The molecule has 0 saturated heterocycles. The van der Waals surface area contributed by atoms with Crippen molar-refractivity contribution in [1.82, 2.24) is 0 Å². The van der Waals surface area contributed by atoms with E-state index in [0.29, 0.717) is 11.8 Å². The molecule has 8 aliphatic rings. The maximum Gasteiger partial charge on any atom is -0.00299 e. The van der Waals surface area contributed by atoms with Gasteiger partial charge >= 0.3 is 0 Å². The summed E-state index contributed by atoms with van der Waals surface area (Å²) in [5.74, 6) is 1.38. The van der Waals surface area contributed by atoms with Crippen LogP contribution in [0.3, 0.4) is 0 Å². The molecule has 0 heterocycles. The van der Waals surface area contributed by atoms with Gasteiger partial charge in [-0.3, -0.25) is 0 Å². The van der Waals surface area contributed by atoms with Gasteiger partial charge in [-0.25, -0.2) is 0 Å². The number of benzene rings is 4. The molecule has 12 rings (SSSR count). The first-order valence-corrected chi connectivity index (χ1v) is 26.6. The van der Waals surface area contributed by atoms with E-state index in [0.717, 1.165) is 0 Å². The molecule has 68 heavy (non-hydrogen) atoms. The van der Waals surface area contributed by atoms with Gasteiger partial charge in [0.2, 0.25) is 0 Å². The van der Waals surface area contributed by atoms with E-state index in [2.05, 4.69) is 225 Å². The summed E-state index contributed by atoms with van der Waals surface area (Å²) in [6, 6.07) is 30.8. The van der Waals surface area contributed by atoms with E-state index in [1.807, 2.05) is 0 Å². The normalized spacial score (nSPS) is 33.1. The van der Waals surface area contributed by atoms with E-state index < -0.39 is 0 Å². The van der Waals surface area contributed by atoms with Gasteiger partial charge in [-0.1, -0.05) is 146 Å². The third-order valence-electron chi connectivity index (χ3n) is 18.5. The summed E-state index contributed by atoms with van der Waals surface area (Å²) < 4.78 is 0. The summed E-state index contributed by atoms with van der Waals surface area (Å²) in [5, 5.41) is 0. The molecule has 0 heteroatoms. The Morgan fingerprint density at radius 2 is 0.456 bits per heavy atom. The number of hydrogen-bond acceptors (Lipinski definition) is 0. The van der Waals surface area contributed by atoms with Crippen LogP contribution in [0.5, 0.6) is 0 Å². The Morgan fingerprint density at radius 1 is 0.265 bits per heavy atom. The molecule has 8 saturated carbocycles. The van der Waals surface area contributed by atoms with Gasteiger partial charge in [-0.2, -0.15) is 0 Å². The smallest absolute Gasteiger partial charge is 0.00299 e. The lowest BCUT2D eigenvalue weighted by molar-refractivity contribution is -0.224. The Hall–Kier alpha value is -5.20. The van der Waals surface area contributed by atoms with E-state index in [-0.39, 0.29) is 32.5 Å². The molecule has 4 unspecified atom stereocenters. The van der Waals surface area contributed by atoms with E-state index in [1.165, 1.54) is 122 Å². The van der Waals surface area contributed by atoms with Crippen molar-refractivity contribution in [3.05, 3.63) is 188 Å². The fraction of sp³-hybridized carbons (Fsp3) is 0.412. The van der Waals surface area contributed by atoms with Crippen molar-refractivity contribution in [2.45, 2.75) is 154 Å². The molecule has 0 aromatic heterocycles. The van der Waals surface area contributed by atoms with E-state index >= 15 is 0 Å². The van der Waals surface area contributed by atoms with Crippen molar-refractivity contribution in [2.75, 3.05) is 0 Å². The third-order valence-corrected chi connectivity index (χ3v) is 18.5. The second-order valence-electron chi connectivity index (χ2n) is 23.3. The van der Waals surface area contributed by atoms with Crippen molar-refractivity contribution in [2.24, 2.45) is 22.7 Å². The first-order chi connectivity index (χ1) is 32.9. The maximum absolute atomic E-state index is 2.64. The monoisotopic (exact) mass is 895 g/mol. The Bertz CT molecular complexity index is 2330. The summed E-state index contributed by atoms with van der Waals surface area (Å²) in [6.45, 7) is 17.5. The molecular weight excluding hydrogens is 817 g/mol. The molecule has 0 amide bonds. The first-order valence-electron chi connectivity index (χ1n) is 26.6. The van der Waals surface area contributed by atoms with Crippen molar-refractivity contribution >= 4 is 48.6 Å². The minimum absolute atomic E-state index is 0.101. The molecule has 8 aliphatic carbocycles. The zero-order valence-corrected chi connectivity index (χ0v) is 42.8. The predicted molar refractivity (Wildman–Crippen MR) is 297 cm³/mol. The second-order valence-corrected chi connectivity index (χ2v) is 23.3. The molecule has 350 valence electrons. The molecule has 0 aliphatic heterocycles. The highest BCUT2D eigenvalue weighted by atomic mass is 14.8. The molecule has 0 N–H and O–H groups in total. The molecule has 4 aromatic rings. The van der Waals surface area contributed by atoms with Gasteiger partial charge in [0.25, 0.3) is 0 Å². The summed E-state index contributed by atoms with van der Waals surface area (Å²) in [5.41, 5.74) is 18.1. The maximum atomic E-state index is 2.64. The van der Waals surface area contributed by atoms with Gasteiger partial charge in [0, 0.05) is 0 Å². The lowest BCUT2D eigenvalue weighted by Crippen LogP contribution is -2.70. The highest BCUT2D eigenvalue weighted by molar-refractivity contribution is 5.65. The third kappa shape index (κ3) is 7.91. The Kier molecular flexibility index (Phi) is 12.3. The van der Waals surface area contributed by atoms with Crippen LogP contribution in [0, 0.1) is 22.7 Å². The fourth-order valence-corrected chi connectivity index (χ4v) is 17.6. The van der Waals surface area contributed by atoms with Crippen molar-refractivity contribution < 1.29 is 0 Å². The highest BCUT2D eigenvalue weighted by Crippen LogP contribution is 2.82. The average molecular weight is 895 g/mol. The van der Waals surface area contributed by atoms with E-state index in [9.17, 15) is 0 Å². The zero-order chi connectivity index (χ0) is 47.4. The second kappa shape index (κ2) is 18.0. The van der Waals surface area contributed by atoms with Gasteiger partial charge in [0.05, 0.1) is 0 Å². The van der Waals surface area contributed by atoms with E-state index in [4.69, 9.17) is 0 Å². The molecule has 4 aromatic carbocycles. The Balaban J connectivity index is 1.24. The number of rotatable bonds is 13. The van der Waals surface area contributed by atoms with Gasteiger partial charge in [-0.15, -0.1) is 0 Å². The topological polar surface area (TPSA) is 0 Å². The van der Waals surface area contributed by atoms with Gasteiger partial charge in [-0.05, 0) is 268 Å². The molecule has 4 atom stereocenters. The average Bonchev–Trinajstić information content (AvgIpc) is 3.29. The minimum atomic E-state index is 0.101. The molecule has 8 bridgehead atoms. The van der Waals surface area contributed by atoms with Crippen LogP contribution in [0.4, 0.5) is 0 Å². The van der Waals surface area contributed by atoms with Crippen LogP contribution in [-0.4, -0.2) is 0 Å². The van der Waals surface area contributed by atoms with Crippen LogP contribution in [0.2, 0.25) is 0 Å². The van der Waals surface area contributed by atoms with E-state index in [1.54, 1.807) is 22.3 Å². The molecule has 0 spiro atoms. The Labute approximate surface area is 411 Å². The summed E-state index contributed by atoms with van der Waals surface area (Å²) in [4.78, 5) is 0. The largest absolute Gasteiger partial charge is 0.0871 e. The lowest BCUT2D eigenvalue weighted by Gasteiger charge is -2.77. The van der Waals surface area contributed by atoms with Crippen LogP contribution >= 0.6 is 0 Å². The van der Waals surface area contributed by atoms with Gasteiger partial charge in [0.15, 0.2) is 0 Å². The summed E-state index contributed by atoms with van der Waals surface area (Å²) in [6.07, 6.45) is 52.5. The summed E-state index contributed by atoms with van der Waals surface area (Å²) >= 11 is 0. The van der Waals surface area contributed by atoms with Gasteiger partial charge < -0.3 is 0 Å². The van der Waals surface area contributed by atoms with Crippen molar-refractivity contribution in [3.8, 4) is 0 Å². The SMILES string of the molecule is CC=Cc1cc(C=CC)cc(C23CC4CC(c5cc(C=CC)cc(C=CC)c5)(C2)CC(C25CC6CC(c7cc(C=CC)cc(C=CC)c7)(CC(c7cc(C=CC)cc(C=CC)c7)(C6)C2)C5)(C4)C3)c1. The molecule has 0 nitrogen and oxygen atoms in total. The lowest BCUT2D eigenvalue weighted by atomic mass is 9.26. The van der Waals surface area contributed by atoms with Crippen LogP contribution in [0.1, 0.15) is 199 Å². The molecule has 0 radical (unpaired) electrons. The Morgan fingerprint density at radius 3 is 0.632 bits per heavy atom.